The third-order valence-electron chi connectivity index (χ3n) is 2.73. The molecule has 1 aromatic carbocycles. The molecule has 0 saturated carbocycles. The van der Waals surface area contributed by atoms with Gasteiger partial charge >= 0.3 is 0 Å². The molecule has 1 aliphatic heterocycles. The van der Waals surface area contributed by atoms with E-state index in [1.165, 1.54) is 24.3 Å². The van der Waals surface area contributed by atoms with Crippen molar-refractivity contribution in [1.29, 1.82) is 0 Å². The van der Waals surface area contributed by atoms with Crippen molar-refractivity contribution in [3.8, 4) is 5.75 Å². The van der Waals surface area contributed by atoms with Gasteiger partial charge in [0.2, 0.25) is 10.0 Å². The summed E-state index contributed by atoms with van der Waals surface area (Å²) < 4.78 is 31.5. The van der Waals surface area contributed by atoms with E-state index in [0.29, 0.717) is 19.8 Å². The number of rotatable bonds is 4. The third kappa shape index (κ3) is 3.18. The minimum atomic E-state index is -3.48. The van der Waals surface area contributed by atoms with Crippen molar-refractivity contribution in [3.05, 3.63) is 24.3 Å². The summed E-state index contributed by atoms with van der Waals surface area (Å²) in [6.45, 7) is 1.70. The fourth-order valence-corrected chi connectivity index (χ4v) is 2.80. The number of hydrogen-bond donors (Lipinski definition) is 2. The molecule has 6 heteroatoms. The number of hydrogen-bond acceptors (Lipinski definition) is 4. The highest BCUT2D eigenvalue weighted by Crippen LogP contribution is 2.16. The summed E-state index contributed by atoms with van der Waals surface area (Å²) in [5.41, 5.74) is 0. The number of phenols is 1. The minimum Gasteiger partial charge on any atom is -0.508 e. The Labute approximate surface area is 100 Å². The van der Waals surface area contributed by atoms with Crippen LogP contribution in [-0.4, -0.2) is 33.3 Å². The van der Waals surface area contributed by atoms with E-state index < -0.39 is 10.0 Å². The smallest absolute Gasteiger partial charge is 0.240 e. The quantitative estimate of drug-likeness (QED) is 0.833. The average Bonchev–Trinajstić information content (AvgIpc) is 2.80. The van der Waals surface area contributed by atoms with Crippen LogP contribution in [0.25, 0.3) is 0 Å². The monoisotopic (exact) mass is 257 g/mol. The van der Waals surface area contributed by atoms with Crippen molar-refractivity contribution in [3.63, 3.8) is 0 Å². The normalized spacial score (nSPS) is 20.6. The molecule has 2 N–H and O–H groups in total. The Morgan fingerprint density at radius 3 is 2.65 bits per heavy atom. The van der Waals surface area contributed by atoms with Crippen molar-refractivity contribution in [2.45, 2.75) is 11.3 Å². The molecule has 0 aromatic heterocycles. The van der Waals surface area contributed by atoms with Gasteiger partial charge in [-0.2, -0.15) is 0 Å². The maximum atomic E-state index is 11.9. The Morgan fingerprint density at radius 2 is 2.06 bits per heavy atom. The number of aromatic hydroxyl groups is 1. The molecule has 1 aliphatic rings. The van der Waals surface area contributed by atoms with Crippen LogP contribution in [0, 0.1) is 5.92 Å². The van der Waals surface area contributed by atoms with Gasteiger partial charge < -0.3 is 9.84 Å². The molecule has 1 fully saturated rings. The van der Waals surface area contributed by atoms with Crippen LogP contribution in [0.1, 0.15) is 6.42 Å². The van der Waals surface area contributed by atoms with Crippen LogP contribution in [0.3, 0.4) is 0 Å². The van der Waals surface area contributed by atoms with Gasteiger partial charge in [0.25, 0.3) is 0 Å². The maximum absolute atomic E-state index is 11.9. The first-order chi connectivity index (χ1) is 8.08. The molecule has 5 nitrogen and oxygen atoms in total. The molecule has 94 valence electrons. The number of benzene rings is 1. The number of phenolic OH excluding ortho intramolecular Hbond substituents is 1. The lowest BCUT2D eigenvalue weighted by molar-refractivity contribution is 0.186. The van der Waals surface area contributed by atoms with Crippen LogP contribution in [0.15, 0.2) is 29.2 Å². The predicted octanol–water partition coefficient (Wildman–Crippen LogP) is 0.707. The maximum Gasteiger partial charge on any atom is 0.240 e. The lowest BCUT2D eigenvalue weighted by Crippen LogP contribution is -2.29. The molecule has 1 heterocycles. The number of ether oxygens (including phenoxy) is 1. The zero-order valence-electron chi connectivity index (χ0n) is 9.30. The summed E-state index contributed by atoms with van der Waals surface area (Å²) in [4.78, 5) is 0.161. The van der Waals surface area contributed by atoms with Crippen LogP contribution < -0.4 is 4.72 Å². The largest absolute Gasteiger partial charge is 0.508 e. The molecular formula is C11H15NO4S. The van der Waals surface area contributed by atoms with Gasteiger partial charge in [0.15, 0.2) is 0 Å². The highest BCUT2D eigenvalue weighted by atomic mass is 32.2. The van der Waals surface area contributed by atoms with Crippen LogP contribution in [0.4, 0.5) is 0 Å². The van der Waals surface area contributed by atoms with Gasteiger partial charge in [0.1, 0.15) is 5.75 Å². The number of sulfonamides is 1. The Bertz CT molecular complexity index is 463. The van der Waals surface area contributed by atoms with Crippen molar-refractivity contribution in [2.24, 2.45) is 5.92 Å². The second kappa shape index (κ2) is 5.03. The van der Waals surface area contributed by atoms with Gasteiger partial charge in [-0.3, -0.25) is 0 Å². The van der Waals surface area contributed by atoms with Crippen LogP contribution in [-0.2, 0) is 14.8 Å². The van der Waals surface area contributed by atoms with E-state index in [2.05, 4.69) is 4.72 Å². The fourth-order valence-electron chi connectivity index (χ4n) is 1.68. The molecule has 0 bridgehead atoms. The van der Waals surface area contributed by atoms with E-state index in [4.69, 9.17) is 9.84 Å². The second-order valence-corrected chi connectivity index (χ2v) is 5.84. The molecule has 1 aromatic rings. The van der Waals surface area contributed by atoms with E-state index in [1.807, 2.05) is 0 Å². The van der Waals surface area contributed by atoms with Gasteiger partial charge in [0.05, 0.1) is 11.5 Å². The van der Waals surface area contributed by atoms with Crippen molar-refractivity contribution < 1.29 is 18.3 Å². The molecule has 17 heavy (non-hydrogen) atoms. The summed E-state index contributed by atoms with van der Waals surface area (Å²) in [5.74, 6) is 0.301. The zero-order chi connectivity index (χ0) is 12.3. The molecule has 1 saturated heterocycles. The molecule has 0 aliphatic carbocycles. The predicted molar refractivity (Wildman–Crippen MR) is 62.2 cm³/mol. The van der Waals surface area contributed by atoms with Crippen LogP contribution in [0.2, 0.25) is 0 Å². The molecule has 1 unspecified atom stereocenters. The fraction of sp³-hybridized carbons (Fsp3) is 0.455. The SMILES string of the molecule is O=S(=O)(NCC1CCOC1)c1ccc(O)cc1. The molecule has 0 spiro atoms. The van der Waals surface area contributed by atoms with Crippen LogP contribution >= 0.6 is 0 Å². The standard InChI is InChI=1S/C11H15NO4S/c13-10-1-3-11(4-2-10)17(14,15)12-7-9-5-6-16-8-9/h1-4,9,12-13H,5-8H2. The molecular weight excluding hydrogens is 242 g/mol. The van der Waals surface area contributed by atoms with Crippen LogP contribution in [0.5, 0.6) is 5.75 Å². The van der Waals surface area contributed by atoms with E-state index in [-0.39, 0.29) is 16.6 Å². The Balaban J connectivity index is 2.00. The second-order valence-electron chi connectivity index (χ2n) is 4.08. The van der Waals surface area contributed by atoms with E-state index in [1.54, 1.807) is 0 Å². The lowest BCUT2D eigenvalue weighted by atomic mass is 10.1. The van der Waals surface area contributed by atoms with Gasteiger partial charge in [-0.25, -0.2) is 13.1 Å². The first kappa shape index (κ1) is 12.3. The minimum absolute atomic E-state index is 0.0492. The highest BCUT2D eigenvalue weighted by Gasteiger charge is 2.20. The zero-order valence-corrected chi connectivity index (χ0v) is 10.1. The van der Waals surface area contributed by atoms with Gasteiger partial charge in [-0.1, -0.05) is 0 Å². The molecule has 1 atom stereocenters. The number of nitrogens with one attached hydrogen (secondary N) is 1. The van der Waals surface area contributed by atoms with Gasteiger partial charge in [-0.15, -0.1) is 0 Å². The first-order valence-electron chi connectivity index (χ1n) is 5.44. The van der Waals surface area contributed by atoms with E-state index in [0.717, 1.165) is 6.42 Å². The third-order valence-corrected chi connectivity index (χ3v) is 4.17. The van der Waals surface area contributed by atoms with E-state index >= 15 is 0 Å². The molecule has 0 amide bonds. The summed E-state index contributed by atoms with van der Waals surface area (Å²) in [6, 6.07) is 5.46. The lowest BCUT2D eigenvalue weighted by Gasteiger charge is -2.10. The first-order valence-corrected chi connectivity index (χ1v) is 6.93. The summed E-state index contributed by atoms with van der Waals surface area (Å²) in [5, 5.41) is 9.09. The Hall–Kier alpha value is -1.11. The summed E-state index contributed by atoms with van der Waals surface area (Å²) in [6.07, 6.45) is 0.887. The average molecular weight is 257 g/mol. The topological polar surface area (TPSA) is 75.6 Å². The summed E-state index contributed by atoms with van der Waals surface area (Å²) in [7, 11) is -3.48. The highest BCUT2D eigenvalue weighted by molar-refractivity contribution is 7.89. The summed E-state index contributed by atoms with van der Waals surface area (Å²) >= 11 is 0. The van der Waals surface area contributed by atoms with Gasteiger partial charge in [-0.05, 0) is 36.6 Å². The van der Waals surface area contributed by atoms with Crippen molar-refractivity contribution in [1.82, 2.24) is 4.72 Å². The van der Waals surface area contributed by atoms with E-state index in [9.17, 15) is 8.42 Å². The van der Waals surface area contributed by atoms with Crippen molar-refractivity contribution in [2.75, 3.05) is 19.8 Å². The van der Waals surface area contributed by atoms with Gasteiger partial charge in [0, 0.05) is 13.2 Å². The molecule has 0 radical (unpaired) electrons. The van der Waals surface area contributed by atoms with Crippen molar-refractivity contribution >= 4 is 10.0 Å². The Morgan fingerprint density at radius 1 is 1.35 bits per heavy atom. The molecule has 2 rings (SSSR count). The Kier molecular flexibility index (Phi) is 3.66.